The van der Waals surface area contributed by atoms with Gasteiger partial charge in [0.05, 0.1) is 0 Å². The first-order valence-electron chi connectivity index (χ1n) is 7.26. The summed E-state index contributed by atoms with van der Waals surface area (Å²) in [6.45, 7) is 4.80. The highest BCUT2D eigenvalue weighted by Crippen LogP contribution is 2.10. The first-order chi connectivity index (χ1) is 12.2. The van der Waals surface area contributed by atoms with Crippen molar-refractivity contribution in [2.24, 2.45) is 11.5 Å². The SMILES string of the molecule is CC(=O)O.CC(=O)O.CC(=O)O.CC(=O)O.NCC(N)c1ccc(N)cc1. The van der Waals surface area contributed by atoms with Crippen LogP contribution in [-0.2, 0) is 19.2 Å². The van der Waals surface area contributed by atoms with E-state index in [0.717, 1.165) is 38.9 Å². The monoisotopic (exact) mass is 391 g/mol. The molecule has 1 rings (SSSR count). The fourth-order valence-corrected chi connectivity index (χ4v) is 0.879. The average molecular weight is 391 g/mol. The summed E-state index contributed by atoms with van der Waals surface area (Å²) in [5.74, 6) is -3.33. The largest absolute Gasteiger partial charge is 0.481 e. The summed E-state index contributed by atoms with van der Waals surface area (Å²) in [5.41, 5.74) is 18.3. The number of carbonyl (C=O) groups is 4. The van der Waals surface area contributed by atoms with Gasteiger partial charge in [0.15, 0.2) is 0 Å². The number of hydrogen-bond acceptors (Lipinski definition) is 7. The fourth-order valence-electron chi connectivity index (χ4n) is 0.879. The number of carboxylic acid groups (broad SMARTS) is 4. The van der Waals surface area contributed by atoms with Crippen molar-refractivity contribution in [2.45, 2.75) is 33.7 Å². The van der Waals surface area contributed by atoms with Crippen molar-refractivity contribution in [1.29, 1.82) is 0 Å². The molecule has 0 bridgehead atoms. The zero-order chi connectivity index (χ0) is 22.6. The van der Waals surface area contributed by atoms with Crippen LogP contribution in [0.25, 0.3) is 0 Å². The molecule has 1 unspecified atom stereocenters. The first-order valence-corrected chi connectivity index (χ1v) is 7.26. The molecule has 0 aliphatic rings. The molecule has 0 saturated heterocycles. The molecule has 0 spiro atoms. The molecule has 0 heterocycles. The maximum atomic E-state index is 9.00. The Kier molecular flexibility index (Phi) is 24.4. The van der Waals surface area contributed by atoms with E-state index in [2.05, 4.69) is 0 Å². The van der Waals surface area contributed by atoms with E-state index < -0.39 is 23.9 Å². The number of rotatable bonds is 2. The lowest BCUT2D eigenvalue weighted by molar-refractivity contribution is -0.135. The predicted molar refractivity (Wildman–Crippen MR) is 100 cm³/mol. The minimum Gasteiger partial charge on any atom is -0.481 e. The summed E-state index contributed by atoms with van der Waals surface area (Å²) in [4.78, 5) is 36.0. The van der Waals surface area contributed by atoms with Gasteiger partial charge in [0, 0.05) is 46.0 Å². The summed E-state index contributed by atoms with van der Waals surface area (Å²) < 4.78 is 0. The van der Waals surface area contributed by atoms with Crippen LogP contribution in [0.3, 0.4) is 0 Å². The third-order valence-corrected chi connectivity index (χ3v) is 1.62. The summed E-state index contributed by atoms with van der Waals surface area (Å²) >= 11 is 0. The summed E-state index contributed by atoms with van der Waals surface area (Å²) in [7, 11) is 0. The highest BCUT2D eigenvalue weighted by atomic mass is 16.4. The Morgan fingerprint density at radius 2 is 1.00 bits per heavy atom. The van der Waals surface area contributed by atoms with Gasteiger partial charge in [0.1, 0.15) is 0 Å². The number of hydrogen-bond donors (Lipinski definition) is 7. The third-order valence-electron chi connectivity index (χ3n) is 1.62. The Morgan fingerprint density at radius 3 is 1.19 bits per heavy atom. The van der Waals surface area contributed by atoms with Crippen LogP contribution in [-0.4, -0.2) is 50.8 Å². The van der Waals surface area contributed by atoms with E-state index in [1.807, 2.05) is 24.3 Å². The normalized spacial score (nSPS) is 8.96. The molecule has 0 amide bonds. The molecule has 0 aromatic heterocycles. The molecule has 1 aromatic carbocycles. The van der Waals surface area contributed by atoms with E-state index in [9.17, 15) is 0 Å². The van der Waals surface area contributed by atoms with Crippen LogP contribution in [0.5, 0.6) is 0 Å². The van der Waals surface area contributed by atoms with E-state index in [1.54, 1.807) is 0 Å². The Balaban J connectivity index is -0.000000139. The van der Waals surface area contributed by atoms with E-state index in [4.69, 9.17) is 56.8 Å². The third kappa shape index (κ3) is 60.2. The van der Waals surface area contributed by atoms with Gasteiger partial charge in [0.25, 0.3) is 23.9 Å². The van der Waals surface area contributed by atoms with E-state index in [-0.39, 0.29) is 6.04 Å². The van der Waals surface area contributed by atoms with Crippen molar-refractivity contribution in [3.63, 3.8) is 0 Å². The predicted octanol–water partition coefficient (Wildman–Crippen LogP) is 0.591. The molecule has 11 nitrogen and oxygen atoms in total. The zero-order valence-corrected chi connectivity index (χ0v) is 15.7. The second kappa shape index (κ2) is 20.9. The second-order valence-corrected chi connectivity index (χ2v) is 4.58. The van der Waals surface area contributed by atoms with Gasteiger partial charge in [-0.2, -0.15) is 0 Å². The van der Waals surface area contributed by atoms with Gasteiger partial charge in [-0.05, 0) is 17.7 Å². The lowest BCUT2D eigenvalue weighted by Crippen LogP contribution is -2.20. The maximum Gasteiger partial charge on any atom is 0.300 e. The van der Waals surface area contributed by atoms with Crippen LogP contribution in [0, 0.1) is 0 Å². The highest BCUT2D eigenvalue weighted by Gasteiger charge is 2.00. The highest BCUT2D eigenvalue weighted by molar-refractivity contribution is 5.63. The molecule has 0 fully saturated rings. The molecular weight excluding hydrogens is 362 g/mol. The number of nitrogens with two attached hydrogens (primary N) is 3. The van der Waals surface area contributed by atoms with Crippen LogP contribution in [0.2, 0.25) is 0 Å². The Hall–Kier alpha value is -3.18. The summed E-state index contributed by atoms with van der Waals surface area (Å²) in [6.07, 6.45) is 0. The fraction of sp³-hybridized carbons (Fsp3) is 0.375. The van der Waals surface area contributed by atoms with Crippen molar-refractivity contribution in [2.75, 3.05) is 12.3 Å². The maximum absolute atomic E-state index is 9.00. The van der Waals surface area contributed by atoms with E-state index in [1.165, 1.54) is 0 Å². The van der Waals surface area contributed by atoms with Crippen molar-refractivity contribution in [3.05, 3.63) is 29.8 Å². The van der Waals surface area contributed by atoms with Gasteiger partial charge in [-0.25, -0.2) is 0 Å². The van der Waals surface area contributed by atoms with Crippen molar-refractivity contribution < 1.29 is 39.6 Å². The Labute approximate surface area is 157 Å². The zero-order valence-electron chi connectivity index (χ0n) is 15.7. The van der Waals surface area contributed by atoms with Crippen LogP contribution >= 0.6 is 0 Å². The molecule has 0 saturated carbocycles. The lowest BCUT2D eigenvalue weighted by Gasteiger charge is -2.08. The van der Waals surface area contributed by atoms with Gasteiger partial charge in [0.2, 0.25) is 0 Å². The topological polar surface area (TPSA) is 227 Å². The summed E-state index contributed by atoms with van der Waals surface area (Å²) in [5, 5.41) is 29.7. The first kappa shape index (κ1) is 31.6. The van der Waals surface area contributed by atoms with Gasteiger partial charge in [-0.15, -0.1) is 0 Å². The second-order valence-electron chi connectivity index (χ2n) is 4.58. The molecule has 0 aliphatic carbocycles. The number of benzene rings is 1. The Bertz CT molecular complexity index is 483. The molecule has 156 valence electrons. The van der Waals surface area contributed by atoms with Crippen LogP contribution in [0.15, 0.2) is 24.3 Å². The Morgan fingerprint density at radius 1 is 0.778 bits per heavy atom. The molecule has 1 aromatic rings. The van der Waals surface area contributed by atoms with Crippen LogP contribution in [0.4, 0.5) is 5.69 Å². The standard InChI is InChI=1S/C8H13N3.4C2H4O2/c9-5-8(11)6-1-3-7(10)4-2-6;4*1-2(3)4/h1-4,8H,5,9-11H2;4*1H3,(H,3,4). The molecule has 10 N–H and O–H groups in total. The van der Waals surface area contributed by atoms with Crippen molar-refractivity contribution in [3.8, 4) is 0 Å². The molecule has 0 aliphatic heterocycles. The number of nitrogen functional groups attached to an aromatic ring is 1. The molecular formula is C16H29N3O8. The van der Waals surface area contributed by atoms with E-state index in [0.29, 0.717) is 6.54 Å². The number of carboxylic acids is 4. The van der Waals surface area contributed by atoms with Gasteiger partial charge >= 0.3 is 0 Å². The lowest BCUT2D eigenvalue weighted by atomic mass is 10.1. The van der Waals surface area contributed by atoms with E-state index >= 15 is 0 Å². The minimum atomic E-state index is -0.833. The number of aliphatic carboxylic acids is 4. The van der Waals surface area contributed by atoms with Crippen LogP contribution in [0.1, 0.15) is 39.3 Å². The molecule has 0 radical (unpaired) electrons. The quantitative estimate of drug-likeness (QED) is 0.345. The van der Waals surface area contributed by atoms with Crippen molar-refractivity contribution in [1.82, 2.24) is 0 Å². The van der Waals surface area contributed by atoms with Gasteiger partial charge in [-0.3, -0.25) is 19.2 Å². The smallest absolute Gasteiger partial charge is 0.300 e. The average Bonchev–Trinajstić information content (AvgIpc) is 2.45. The van der Waals surface area contributed by atoms with Crippen LogP contribution < -0.4 is 17.2 Å². The molecule has 1 atom stereocenters. The minimum absolute atomic E-state index is 0.0735. The van der Waals surface area contributed by atoms with Crippen molar-refractivity contribution >= 4 is 29.6 Å². The molecule has 27 heavy (non-hydrogen) atoms. The summed E-state index contributed by atoms with van der Waals surface area (Å²) in [6, 6.07) is 7.37. The number of anilines is 1. The molecule has 11 heteroatoms. The van der Waals surface area contributed by atoms with Gasteiger partial charge in [-0.1, -0.05) is 12.1 Å². The van der Waals surface area contributed by atoms with Gasteiger partial charge < -0.3 is 37.6 Å².